The van der Waals surface area contributed by atoms with Crippen LogP contribution in [0.4, 0.5) is 4.39 Å². The molecule has 0 spiro atoms. The van der Waals surface area contributed by atoms with Gasteiger partial charge >= 0.3 is 0 Å². The van der Waals surface area contributed by atoms with E-state index in [1.807, 2.05) is 12.1 Å². The molecule has 124 valence electrons. The molecule has 0 N–H and O–H groups in total. The second-order valence-electron chi connectivity index (χ2n) is 6.44. The summed E-state index contributed by atoms with van der Waals surface area (Å²) in [6.07, 6.45) is 2.83. The first-order valence-electron chi connectivity index (χ1n) is 8.08. The van der Waals surface area contributed by atoms with Gasteiger partial charge in [-0.3, -0.25) is 0 Å². The van der Waals surface area contributed by atoms with Crippen LogP contribution >= 0.6 is 0 Å². The van der Waals surface area contributed by atoms with Crippen LogP contribution in [0.1, 0.15) is 44.6 Å². The van der Waals surface area contributed by atoms with E-state index in [-0.39, 0.29) is 16.8 Å². The molecule has 3 nitrogen and oxygen atoms in total. The van der Waals surface area contributed by atoms with Crippen molar-refractivity contribution in [1.82, 2.24) is 4.90 Å². The molecule has 0 bridgehead atoms. The topological polar surface area (TPSA) is 37.4 Å². The number of rotatable bonds is 6. The minimum Gasteiger partial charge on any atom is -0.303 e. The van der Waals surface area contributed by atoms with Crippen molar-refractivity contribution in [3.05, 3.63) is 35.6 Å². The van der Waals surface area contributed by atoms with Crippen molar-refractivity contribution in [3.8, 4) is 0 Å². The Morgan fingerprint density at radius 3 is 2.32 bits per heavy atom. The zero-order chi connectivity index (χ0) is 16.2. The molecule has 5 heteroatoms. The molecule has 2 rings (SSSR count). The third-order valence-corrected chi connectivity index (χ3v) is 6.84. The van der Waals surface area contributed by atoms with Crippen molar-refractivity contribution in [3.63, 3.8) is 0 Å². The van der Waals surface area contributed by atoms with Crippen LogP contribution in [0.15, 0.2) is 24.3 Å². The quantitative estimate of drug-likeness (QED) is 0.805. The van der Waals surface area contributed by atoms with Crippen LogP contribution in [-0.4, -0.2) is 44.0 Å². The highest BCUT2D eigenvalue weighted by Crippen LogP contribution is 2.28. The molecule has 1 fully saturated rings. The number of piperidine rings is 1. The summed E-state index contributed by atoms with van der Waals surface area (Å²) in [6, 6.07) is 6.81. The number of halogens is 1. The SMILES string of the molecule is CC(C)S(=O)(=O)CCCN1CCC(c2ccc(F)cc2)CC1. The van der Waals surface area contributed by atoms with Crippen molar-refractivity contribution in [2.24, 2.45) is 0 Å². The fourth-order valence-corrected chi connectivity index (χ4v) is 3.95. The molecule has 0 aromatic heterocycles. The summed E-state index contributed by atoms with van der Waals surface area (Å²) in [4.78, 5) is 2.34. The lowest BCUT2D eigenvalue weighted by Crippen LogP contribution is -2.34. The van der Waals surface area contributed by atoms with E-state index in [1.54, 1.807) is 13.8 Å². The van der Waals surface area contributed by atoms with Gasteiger partial charge in [0.1, 0.15) is 5.82 Å². The molecule has 0 aliphatic carbocycles. The van der Waals surface area contributed by atoms with E-state index in [0.717, 1.165) is 32.5 Å². The highest BCUT2D eigenvalue weighted by molar-refractivity contribution is 7.91. The Bertz CT molecular complexity index is 561. The van der Waals surface area contributed by atoms with Crippen molar-refractivity contribution in [1.29, 1.82) is 0 Å². The van der Waals surface area contributed by atoms with Crippen LogP contribution in [0.2, 0.25) is 0 Å². The molecule has 0 amide bonds. The summed E-state index contributed by atoms with van der Waals surface area (Å²) in [5.41, 5.74) is 1.21. The van der Waals surface area contributed by atoms with Crippen molar-refractivity contribution in [2.75, 3.05) is 25.4 Å². The number of benzene rings is 1. The predicted molar refractivity (Wildman–Crippen MR) is 88.4 cm³/mol. The van der Waals surface area contributed by atoms with E-state index in [2.05, 4.69) is 4.90 Å². The summed E-state index contributed by atoms with van der Waals surface area (Å²) in [6.45, 7) is 6.31. The summed E-state index contributed by atoms with van der Waals surface area (Å²) < 4.78 is 36.5. The molecule has 1 saturated heterocycles. The Morgan fingerprint density at radius 1 is 1.18 bits per heavy atom. The van der Waals surface area contributed by atoms with Gasteiger partial charge in [-0.25, -0.2) is 12.8 Å². The maximum atomic E-state index is 13.0. The third-order valence-electron chi connectivity index (χ3n) is 4.55. The summed E-state index contributed by atoms with van der Waals surface area (Å²) >= 11 is 0. The summed E-state index contributed by atoms with van der Waals surface area (Å²) in [5, 5.41) is -0.281. The van der Waals surface area contributed by atoms with Gasteiger partial charge < -0.3 is 4.90 Å². The molecule has 0 radical (unpaired) electrons. The van der Waals surface area contributed by atoms with E-state index in [0.29, 0.717) is 12.3 Å². The number of sulfone groups is 1. The molecular formula is C17H26FNO2S. The zero-order valence-electron chi connectivity index (χ0n) is 13.5. The Labute approximate surface area is 133 Å². The first kappa shape index (κ1) is 17.4. The van der Waals surface area contributed by atoms with Gasteiger partial charge in [-0.05, 0) is 76.4 Å². The van der Waals surface area contributed by atoms with Crippen LogP contribution in [0, 0.1) is 5.82 Å². The first-order valence-corrected chi connectivity index (χ1v) is 9.79. The smallest absolute Gasteiger partial charge is 0.152 e. The molecule has 0 atom stereocenters. The summed E-state index contributed by atoms with van der Waals surface area (Å²) in [5.74, 6) is 0.589. The molecule has 22 heavy (non-hydrogen) atoms. The average Bonchev–Trinajstić information content (AvgIpc) is 2.48. The maximum Gasteiger partial charge on any atom is 0.152 e. The van der Waals surface area contributed by atoms with Crippen molar-refractivity contribution < 1.29 is 12.8 Å². The molecule has 1 aromatic carbocycles. The molecule has 0 saturated carbocycles. The molecule has 1 heterocycles. The summed E-state index contributed by atoms with van der Waals surface area (Å²) in [7, 11) is -2.92. The fourth-order valence-electron chi connectivity index (χ4n) is 2.95. The largest absolute Gasteiger partial charge is 0.303 e. The van der Waals surface area contributed by atoms with E-state index < -0.39 is 9.84 Å². The maximum absolute atomic E-state index is 13.0. The average molecular weight is 327 g/mol. The van der Waals surface area contributed by atoms with Crippen LogP contribution in [0.25, 0.3) is 0 Å². The van der Waals surface area contributed by atoms with Gasteiger partial charge in [0.25, 0.3) is 0 Å². The predicted octanol–water partition coefficient (Wildman–Crippen LogP) is 3.22. The fraction of sp³-hybridized carbons (Fsp3) is 0.647. The van der Waals surface area contributed by atoms with Crippen LogP contribution in [0.5, 0.6) is 0 Å². The van der Waals surface area contributed by atoms with Gasteiger partial charge in [-0.1, -0.05) is 12.1 Å². The lowest BCUT2D eigenvalue weighted by atomic mass is 9.89. The second kappa shape index (κ2) is 7.55. The molecule has 1 aliphatic heterocycles. The van der Waals surface area contributed by atoms with Crippen molar-refractivity contribution >= 4 is 9.84 Å². The molecule has 1 aromatic rings. The Morgan fingerprint density at radius 2 is 1.77 bits per heavy atom. The minimum atomic E-state index is -2.92. The van der Waals surface area contributed by atoms with E-state index in [1.165, 1.54) is 17.7 Å². The number of likely N-dealkylation sites (tertiary alicyclic amines) is 1. The molecular weight excluding hydrogens is 301 g/mol. The van der Waals surface area contributed by atoms with Crippen LogP contribution < -0.4 is 0 Å². The lowest BCUT2D eigenvalue weighted by Gasteiger charge is -2.32. The van der Waals surface area contributed by atoms with Gasteiger partial charge in [0.2, 0.25) is 0 Å². The van der Waals surface area contributed by atoms with Crippen LogP contribution in [0.3, 0.4) is 0 Å². The second-order valence-corrected chi connectivity index (χ2v) is 9.11. The van der Waals surface area contributed by atoms with Gasteiger partial charge in [0.05, 0.1) is 11.0 Å². The van der Waals surface area contributed by atoms with Crippen LogP contribution in [-0.2, 0) is 9.84 Å². The Balaban J connectivity index is 1.74. The van der Waals surface area contributed by atoms with Crippen molar-refractivity contribution in [2.45, 2.75) is 44.3 Å². The number of nitrogens with zero attached hydrogens (tertiary/aromatic N) is 1. The highest BCUT2D eigenvalue weighted by atomic mass is 32.2. The lowest BCUT2D eigenvalue weighted by molar-refractivity contribution is 0.213. The molecule has 1 aliphatic rings. The highest BCUT2D eigenvalue weighted by Gasteiger charge is 2.21. The van der Waals surface area contributed by atoms with Gasteiger partial charge in [0, 0.05) is 0 Å². The number of hydrogen-bond acceptors (Lipinski definition) is 3. The molecule has 0 unspecified atom stereocenters. The van der Waals surface area contributed by atoms with E-state index in [4.69, 9.17) is 0 Å². The standard InChI is InChI=1S/C17H26FNO2S/c1-14(2)22(20,21)13-3-10-19-11-8-16(9-12-19)15-4-6-17(18)7-5-15/h4-7,14,16H,3,8-13H2,1-2H3. The first-order chi connectivity index (χ1) is 10.4. The van der Waals surface area contributed by atoms with E-state index in [9.17, 15) is 12.8 Å². The Hall–Kier alpha value is -0.940. The van der Waals surface area contributed by atoms with Gasteiger partial charge in [-0.2, -0.15) is 0 Å². The zero-order valence-corrected chi connectivity index (χ0v) is 14.3. The van der Waals surface area contributed by atoms with E-state index >= 15 is 0 Å². The third kappa shape index (κ3) is 4.78. The Kier molecular flexibility index (Phi) is 5.98. The van der Waals surface area contributed by atoms with Gasteiger partial charge in [0.15, 0.2) is 9.84 Å². The number of hydrogen-bond donors (Lipinski definition) is 0. The monoisotopic (exact) mass is 327 g/mol. The normalized spacial score (nSPS) is 18.0. The van der Waals surface area contributed by atoms with Gasteiger partial charge in [-0.15, -0.1) is 0 Å². The minimum absolute atomic E-state index is 0.187.